The van der Waals surface area contributed by atoms with Crippen molar-refractivity contribution in [3.05, 3.63) is 12.2 Å². The van der Waals surface area contributed by atoms with Crippen molar-refractivity contribution in [2.75, 3.05) is 5.75 Å². The van der Waals surface area contributed by atoms with Crippen LogP contribution in [-0.2, 0) is 19.6 Å². The van der Waals surface area contributed by atoms with Gasteiger partial charge in [-0.1, -0.05) is 13.5 Å². The van der Waals surface area contributed by atoms with Crippen LogP contribution in [0.1, 0.15) is 20.3 Å². The molecule has 0 N–H and O–H groups in total. The van der Waals surface area contributed by atoms with Gasteiger partial charge in [0, 0.05) is 5.57 Å². The largest absolute Gasteiger partial charge is 1.00 e. The Hall–Kier alpha value is 0.120. The molecular formula is C8H13NaO5S. The molecule has 15 heavy (non-hydrogen) atoms. The van der Waals surface area contributed by atoms with Gasteiger partial charge in [-0.15, -0.1) is 0 Å². The number of rotatable bonds is 5. The third-order valence-electron chi connectivity index (χ3n) is 1.47. The second-order valence-corrected chi connectivity index (χ2v) is 4.39. The van der Waals surface area contributed by atoms with Gasteiger partial charge in [-0.3, -0.25) is 0 Å². The van der Waals surface area contributed by atoms with E-state index in [1.807, 2.05) is 0 Å². The number of ether oxygens (including phenoxy) is 1. The van der Waals surface area contributed by atoms with Crippen LogP contribution < -0.4 is 29.6 Å². The maximum Gasteiger partial charge on any atom is 1.00 e. The van der Waals surface area contributed by atoms with Crippen molar-refractivity contribution in [3.63, 3.8) is 0 Å². The van der Waals surface area contributed by atoms with Gasteiger partial charge in [0.15, 0.2) is 0 Å². The van der Waals surface area contributed by atoms with Crippen LogP contribution in [0.2, 0.25) is 0 Å². The molecule has 7 heteroatoms. The summed E-state index contributed by atoms with van der Waals surface area (Å²) in [6.07, 6.45) is -0.609. The third kappa shape index (κ3) is 9.07. The molecule has 0 bridgehead atoms. The van der Waals surface area contributed by atoms with Crippen molar-refractivity contribution in [2.24, 2.45) is 0 Å². The third-order valence-corrected chi connectivity index (χ3v) is 2.25. The molecule has 1 atom stereocenters. The first kappa shape index (κ1) is 17.5. The molecule has 0 saturated carbocycles. The first-order chi connectivity index (χ1) is 6.26. The molecule has 0 aromatic rings. The molecule has 5 nitrogen and oxygen atoms in total. The Labute approximate surface area is 112 Å². The average Bonchev–Trinajstić information content (AvgIpc) is 2.00. The summed E-state index contributed by atoms with van der Waals surface area (Å²) in [5, 5.41) is 0. The van der Waals surface area contributed by atoms with Gasteiger partial charge in [-0.2, -0.15) is 0 Å². The van der Waals surface area contributed by atoms with Crippen molar-refractivity contribution in [3.8, 4) is 0 Å². The van der Waals surface area contributed by atoms with Crippen LogP contribution in [0.5, 0.6) is 0 Å². The normalized spacial score (nSPS) is 12.5. The predicted octanol–water partition coefficient (Wildman–Crippen LogP) is -2.57. The zero-order valence-electron chi connectivity index (χ0n) is 9.15. The van der Waals surface area contributed by atoms with Crippen molar-refractivity contribution in [1.82, 2.24) is 0 Å². The average molecular weight is 244 g/mol. The molecule has 0 fully saturated rings. The Morgan fingerprint density at radius 2 is 2.00 bits per heavy atom. The second kappa shape index (κ2) is 7.40. The summed E-state index contributed by atoms with van der Waals surface area (Å²) in [7, 11) is -4.36. The summed E-state index contributed by atoms with van der Waals surface area (Å²) in [5.41, 5.74) is 0.173. The fraction of sp³-hybridized carbons (Fsp3) is 0.625. The molecule has 0 aromatic carbocycles. The number of hydrogen-bond acceptors (Lipinski definition) is 5. The SMILES string of the molecule is C=C(C)C(=O)OC(CC)CS(=O)(=O)[O-].[Na+]. The Morgan fingerprint density at radius 3 is 2.27 bits per heavy atom. The monoisotopic (exact) mass is 244 g/mol. The number of carbonyl (C=O) groups is 1. The smallest absolute Gasteiger partial charge is 0.748 e. The second-order valence-electron chi connectivity index (χ2n) is 2.94. The Kier molecular flexibility index (Phi) is 8.64. The molecule has 0 aliphatic rings. The summed E-state index contributed by atoms with van der Waals surface area (Å²) in [5.74, 6) is -1.37. The van der Waals surface area contributed by atoms with Crippen LogP contribution >= 0.6 is 0 Å². The zero-order valence-corrected chi connectivity index (χ0v) is 12.0. The van der Waals surface area contributed by atoms with Crippen LogP contribution in [0.3, 0.4) is 0 Å². The molecule has 0 aliphatic carbocycles. The van der Waals surface area contributed by atoms with Crippen molar-refractivity contribution >= 4 is 16.1 Å². The Balaban J connectivity index is 0. The number of carbonyl (C=O) groups excluding carboxylic acids is 1. The molecule has 0 aromatic heterocycles. The summed E-state index contributed by atoms with van der Waals surface area (Å²) >= 11 is 0. The summed E-state index contributed by atoms with van der Waals surface area (Å²) in [4.78, 5) is 11.0. The molecular weight excluding hydrogens is 231 g/mol. The minimum Gasteiger partial charge on any atom is -0.748 e. The molecule has 0 saturated heterocycles. The van der Waals surface area contributed by atoms with Gasteiger partial charge in [-0.05, 0) is 13.3 Å². The van der Waals surface area contributed by atoms with Gasteiger partial charge in [0.1, 0.15) is 6.10 Å². The Morgan fingerprint density at radius 1 is 1.53 bits per heavy atom. The zero-order chi connectivity index (χ0) is 11.4. The number of esters is 1. The summed E-state index contributed by atoms with van der Waals surface area (Å²) in [6, 6.07) is 0. The quantitative estimate of drug-likeness (QED) is 0.230. The van der Waals surface area contributed by atoms with Crippen LogP contribution in [0.25, 0.3) is 0 Å². The van der Waals surface area contributed by atoms with Gasteiger partial charge < -0.3 is 9.29 Å². The van der Waals surface area contributed by atoms with E-state index in [0.29, 0.717) is 0 Å². The molecule has 0 rings (SSSR count). The van der Waals surface area contributed by atoms with Crippen molar-refractivity contribution in [2.45, 2.75) is 26.4 Å². The van der Waals surface area contributed by atoms with Crippen LogP contribution in [0.4, 0.5) is 0 Å². The van der Waals surface area contributed by atoms with Gasteiger partial charge in [-0.25, -0.2) is 13.2 Å². The van der Waals surface area contributed by atoms with Gasteiger partial charge in [0.25, 0.3) is 0 Å². The van der Waals surface area contributed by atoms with E-state index < -0.39 is 27.9 Å². The summed E-state index contributed by atoms with van der Waals surface area (Å²) < 4.78 is 35.9. The molecule has 0 aliphatic heterocycles. The molecule has 1 unspecified atom stereocenters. The van der Waals surface area contributed by atoms with Gasteiger partial charge in [0.2, 0.25) is 0 Å². The Bertz CT molecular complexity index is 322. The molecule has 82 valence electrons. The number of hydrogen-bond donors (Lipinski definition) is 0. The summed E-state index contributed by atoms with van der Waals surface area (Å²) in [6.45, 7) is 6.41. The maximum atomic E-state index is 11.0. The van der Waals surface area contributed by atoms with E-state index in [1.54, 1.807) is 6.92 Å². The van der Waals surface area contributed by atoms with E-state index in [4.69, 9.17) is 4.74 Å². The van der Waals surface area contributed by atoms with Gasteiger partial charge in [0.05, 0.1) is 15.9 Å². The van der Waals surface area contributed by atoms with E-state index in [-0.39, 0.29) is 41.6 Å². The van der Waals surface area contributed by atoms with Crippen molar-refractivity contribution < 1.29 is 52.1 Å². The van der Waals surface area contributed by atoms with Gasteiger partial charge >= 0.3 is 35.5 Å². The molecule has 0 heterocycles. The molecule has 0 radical (unpaired) electrons. The van der Waals surface area contributed by atoms with E-state index in [1.165, 1.54) is 6.92 Å². The topological polar surface area (TPSA) is 83.5 Å². The predicted molar refractivity (Wildman–Crippen MR) is 49.5 cm³/mol. The van der Waals surface area contributed by atoms with E-state index in [9.17, 15) is 17.8 Å². The van der Waals surface area contributed by atoms with E-state index >= 15 is 0 Å². The standard InChI is InChI=1S/C8H14O5S.Na/c1-4-7(5-14(10,11)12)13-8(9)6(2)3;/h7H,2,4-5H2,1,3H3,(H,10,11,12);/q;+1/p-1. The minimum absolute atomic E-state index is 0. The minimum atomic E-state index is -4.36. The van der Waals surface area contributed by atoms with Crippen LogP contribution in [-0.4, -0.2) is 30.8 Å². The fourth-order valence-corrected chi connectivity index (χ4v) is 1.47. The maximum absolute atomic E-state index is 11.0. The van der Waals surface area contributed by atoms with Crippen LogP contribution in [0.15, 0.2) is 12.2 Å². The molecule has 0 amide bonds. The first-order valence-corrected chi connectivity index (χ1v) is 5.64. The van der Waals surface area contributed by atoms with Crippen molar-refractivity contribution in [1.29, 1.82) is 0 Å². The van der Waals surface area contributed by atoms with E-state index in [2.05, 4.69) is 6.58 Å². The first-order valence-electron chi connectivity index (χ1n) is 4.06. The van der Waals surface area contributed by atoms with E-state index in [0.717, 1.165) is 0 Å². The molecule has 0 spiro atoms. The van der Waals surface area contributed by atoms with Crippen LogP contribution in [0, 0.1) is 0 Å². The fourth-order valence-electron chi connectivity index (χ4n) is 0.715.